The highest BCUT2D eigenvalue weighted by molar-refractivity contribution is 6.39. The Labute approximate surface area is 167 Å². The van der Waals surface area contributed by atoms with Gasteiger partial charge in [-0.25, -0.2) is 4.39 Å². The second kappa shape index (κ2) is 9.69. The van der Waals surface area contributed by atoms with Crippen LogP contribution in [0.1, 0.15) is 5.56 Å². The van der Waals surface area contributed by atoms with Crippen LogP contribution in [0, 0.1) is 5.82 Å². The van der Waals surface area contributed by atoms with Crippen molar-refractivity contribution in [2.45, 2.75) is 6.54 Å². The monoisotopic (exact) mass is 411 g/mol. The van der Waals surface area contributed by atoms with E-state index in [1.165, 1.54) is 17.0 Å². The van der Waals surface area contributed by atoms with Gasteiger partial charge in [0, 0.05) is 13.6 Å². The molecule has 0 aliphatic heterocycles. The fraction of sp³-hybridized carbons (Fsp3) is 0.263. The van der Waals surface area contributed by atoms with Gasteiger partial charge in [0.1, 0.15) is 5.82 Å². The molecule has 2 rings (SSSR count). The number of nitrogens with zero attached hydrogens (tertiary/aromatic N) is 2. The Kier molecular flexibility index (Phi) is 7.59. The molecule has 5 nitrogen and oxygen atoms in total. The predicted octanol–water partition coefficient (Wildman–Crippen LogP) is 3.66. The number of amides is 2. The molecule has 144 valence electrons. The average molecular weight is 412 g/mol. The molecule has 2 aromatic rings. The lowest BCUT2D eigenvalue weighted by Gasteiger charge is -2.22. The van der Waals surface area contributed by atoms with Crippen molar-refractivity contribution in [3.63, 3.8) is 0 Å². The van der Waals surface area contributed by atoms with Gasteiger partial charge in [0.05, 0.1) is 28.8 Å². The van der Waals surface area contributed by atoms with Crippen LogP contribution in [0.25, 0.3) is 0 Å². The van der Waals surface area contributed by atoms with Gasteiger partial charge in [-0.2, -0.15) is 0 Å². The van der Waals surface area contributed by atoms with Crippen LogP contribution >= 0.6 is 23.2 Å². The first-order valence-electron chi connectivity index (χ1n) is 8.17. The fourth-order valence-electron chi connectivity index (χ4n) is 2.45. The van der Waals surface area contributed by atoms with Crippen LogP contribution in [0.5, 0.6) is 0 Å². The number of likely N-dealkylation sites (N-methyl/N-ethyl adjacent to an activating group) is 2. The molecule has 0 spiro atoms. The number of carbonyl (C=O) groups excluding carboxylic acids is 2. The van der Waals surface area contributed by atoms with Gasteiger partial charge in [0.15, 0.2) is 0 Å². The molecule has 2 amide bonds. The number of para-hydroxylation sites is 1. The number of anilines is 1. The molecule has 0 saturated heterocycles. The quantitative estimate of drug-likeness (QED) is 0.755. The van der Waals surface area contributed by atoms with E-state index in [0.717, 1.165) is 0 Å². The summed E-state index contributed by atoms with van der Waals surface area (Å²) in [6.07, 6.45) is 0. The summed E-state index contributed by atoms with van der Waals surface area (Å²) in [6.45, 7) is 0.308. The van der Waals surface area contributed by atoms with Gasteiger partial charge in [0.2, 0.25) is 11.8 Å². The molecule has 27 heavy (non-hydrogen) atoms. The van der Waals surface area contributed by atoms with E-state index in [9.17, 15) is 14.0 Å². The van der Waals surface area contributed by atoms with Crippen LogP contribution in [0.15, 0.2) is 42.5 Å². The number of hydrogen-bond acceptors (Lipinski definition) is 3. The number of benzene rings is 2. The van der Waals surface area contributed by atoms with E-state index in [-0.39, 0.29) is 37.3 Å². The Balaban J connectivity index is 1.86. The van der Waals surface area contributed by atoms with Crippen LogP contribution in [0.2, 0.25) is 10.0 Å². The third kappa shape index (κ3) is 6.50. The maximum atomic E-state index is 13.2. The van der Waals surface area contributed by atoms with Crippen molar-refractivity contribution >= 4 is 40.7 Å². The second-order valence-corrected chi connectivity index (χ2v) is 7.01. The first kappa shape index (κ1) is 21.2. The summed E-state index contributed by atoms with van der Waals surface area (Å²) in [7, 11) is 3.28. The minimum absolute atomic E-state index is 0.0128. The smallest absolute Gasteiger partial charge is 0.238 e. The summed E-state index contributed by atoms with van der Waals surface area (Å²) in [5, 5.41) is 3.32. The number of nitrogens with one attached hydrogen (secondary N) is 1. The molecule has 0 saturated carbocycles. The molecule has 0 fully saturated rings. The molecule has 0 aromatic heterocycles. The second-order valence-electron chi connectivity index (χ2n) is 6.20. The molecular weight excluding hydrogens is 392 g/mol. The molecular formula is C19H20Cl2FN3O2. The maximum absolute atomic E-state index is 13.2. The third-order valence-corrected chi connectivity index (χ3v) is 4.41. The maximum Gasteiger partial charge on any atom is 0.238 e. The van der Waals surface area contributed by atoms with Crippen molar-refractivity contribution in [2.75, 3.05) is 32.5 Å². The Morgan fingerprint density at radius 2 is 1.67 bits per heavy atom. The summed E-state index contributed by atoms with van der Waals surface area (Å²) >= 11 is 12.0. The van der Waals surface area contributed by atoms with Crippen LogP contribution in [0.4, 0.5) is 10.1 Å². The van der Waals surface area contributed by atoms with Gasteiger partial charge in [-0.05, 0) is 36.9 Å². The van der Waals surface area contributed by atoms with Crippen molar-refractivity contribution in [3.05, 3.63) is 63.9 Å². The van der Waals surface area contributed by atoms with Crippen LogP contribution in [-0.4, -0.2) is 48.8 Å². The van der Waals surface area contributed by atoms with E-state index in [0.29, 0.717) is 21.3 Å². The largest absolute Gasteiger partial charge is 0.340 e. The van der Waals surface area contributed by atoms with E-state index in [1.54, 1.807) is 49.3 Å². The Bertz CT molecular complexity index is 812. The van der Waals surface area contributed by atoms with E-state index in [4.69, 9.17) is 23.2 Å². The van der Waals surface area contributed by atoms with Gasteiger partial charge in [-0.1, -0.05) is 41.4 Å². The number of hydrogen-bond donors (Lipinski definition) is 1. The van der Waals surface area contributed by atoms with Crippen LogP contribution < -0.4 is 5.32 Å². The zero-order valence-electron chi connectivity index (χ0n) is 15.0. The minimum Gasteiger partial charge on any atom is -0.340 e. The molecule has 0 bridgehead atoms. The zero-order chi connectivity index (χ0) is 20.0. The normalized spacial score (nSPS) is 10.7. The lowest BCUT2D eigenvalue weighted by atomic mass is 10.2. The Hall–Kier alpha value is -2.15. The highest BCUT2D eigenvalue weighted by Crippen LogP contribution is 2.29. The standard InChI is InChI=1S/C19H20Cl2FN3O2/c1-24(11-17(26)23-19-15(20)7-4-8-16(19)21)12-18(27)25(2)10-13-5-3-6-14(22)9-13/h3-9H,10-12H2,1-2H3,(H,23,26). The van der Waals surface area contributed by atoms with E-state index < -0.39 is 0 Å². The van der Waals surface area contributed by atoms with Crippen molar-refractivity contribution in [2.24, 2.45) is 0 Å². The highest BCUT2D eigenvalue weighted by atomic mass is 35.5. The van der Waals surface area contributed by atoms with E-state index in [1.807, 2.05) is 0 Å². The third-order valence-electron chi connectivity index (χ3n) is 3.78. The zero-order valence-corrected chi connectivity index (χ0v) is 16.5. The minimum atomic E-state index is -0.347. The van der Waals surface area contributed by atoms with Gasteiger partial charge >= 0.3 is 0 Å². The molecule has 2 aromatic carbocycles. The highest BCUT2D eigenvalue weighted by Gasteiger charge is 2.16. The lowest BCUT2D eigenvalue weighted by molar-refractivity contribution is -0.131. The van der Waals surface area contributed by atoms with Crippen molar-refractivity contribution in [1.82, 2.24) is 9.80 Å². The van der Waals surface area contributed by atoms with Gasteiger partial charge in [-0.15, -0.1) is 0 Å². The predicted molar refractivity (Wildman–Crippen MR) is 105 cm³/mol. The summed E-state index contributed by atoms with van der Waals surface area (Å²) in [5.41, 5.74) is 1.04. The topological polar surface area (TPSA) is 52.7 Å². The Morgan fingerprint density at radius 1 is 1.04 bits per heavy atom. The summed E-state index contributed by atoms with van der Waals surface area (Å²) in [6, 6.07) is 11.0. The summed E-state index contributed by atoms with van der Waals surface area (Å²) < 4.78 is 13.2. The molecule has 0 unspecified atom stereocenters. The fourth-order valence-corrected chi connectivity index (χ4v) is 2.94. The SMILES string of the molecule is CN(CC(=O)Nc1c(Cl)cccc1Cl)CC(=O)N(C)Cc1cccc(F)c1. The first-order chi connectivity index (χ1) is 12.8. The van der Waals surface area contributed by atoms with Gasteiger partial charge in [-0.3, -0.25) is 14.5 Å². The Morgan fingerprint density at radius 3 is 2.30 bits per heavy atom. The van der Waals surface area contributed by atoms with Crippen molar-refractivity contribution < 1.29 is 14.0 Å². The van der Waals surface area contributed by atoms with E-state index in [2.05, 4.69) is 5.32 Å². The molecule has 0 radical (unpaired) electrons. The number of carbonyl (C=O) groups is 2. The molecule has 0 atom stereocenters. The van der Waals surface area contributed by atoms with Gasteiger partial charge in [0.25, 0.3) is 0 Å². The van der Waals surface area contributed by atoms with E-state index >= 15 is 0 Å². The first-order valence-corrected chi connectivity index (χ1v) is 8.92. The summed E-state index contributed by atoms with van der Waals surface area (Å²) in [4.78, 5) is 27.5. The number of rotatable bonds is 7. The average Bonchev–Trinajstić information content (AvgIpc) is 2.58. The lowest BCUT2D eigenvalue weighted by Crippen LogP contribution is -2.39. The number of halogens is 3. The molecule has 1 N–H and O–H groups in total. The van der Waals surface area contributed by atoms with Crippen LogP contribution in [0.3, 0.4) is 0 Å². The van der Waals surface area contributed by atoms with Crippen molar-refractivity contribution in [3.8, 4) is 0 Å². The molecule has 0 heterocycles. The summed E-state index contributed by atoms with van der Waals surface area (Å²) in [5.74, 6) is -0.876. The van der Waals surface area contributed by atoms with Crippen LogP contribution in [-0.2, 0) is 16.1 Å². The van der Waals surface area contributed by atoms with Gasteiger partial charge < -0.3 is 10.2 Å². The molecule has 0 aliphatic rings. The molecule has 8 heteroatoms. The van der Waals surface area contributed by atoms with Crippen molar-refractivity contribution in [1.29, 1.82) is 0 Å². The molecule has 0 aliphatic carbocycles.